The average molecular weight is 512 g/mol. The molecule has 0 aromatic heterocycles. The molecule has 9 heteroatoms. The highest BCUT2D eigenvalue weighted by Crippen LogP contribution is 2.52. The summed E-state index contributed by atoms with van der Waals surface area (Å²) in [5.74, 6) is 0.654. The summed E-state index contributed by atoms with van der Waals surface area (Å²) < 4.78 is 29.0. The standard InChI is InChI=1S/C26H45NO7Si/c1-12-13-14-26-16-19(34-35(10,11)25(5,6)7)21(22(28)31-9)18(15-20(26)32-17-30-8)27(26)23(29)33-24(2,3)4/h15,18H,12-14,16-17H2,1-11H3. The van der Waals surface area contributed by atoms with Gasteiger partial charge in [0.25, 0.3) is 0 Å². The largest absolute Gasteiger partial charge is 0.546 e. The van der Waals surface area contributed by atoms with Crippen molar-refractivity contribution in [1.29, 1.82) is 0 Å². The van der Waals surface area contributed by atoms with Crippen LogP contribution in [0.1, 0.15) is 74.1 Å². The Bertz CT molecular complexity index is 866. The van der Waals surface area contributed by atoms with Gasteiger partial charge in [-0.25, -0.2) is 9.59 Å². The summed E-state index contributed by atoms with van der Waals surface area (Å²) in [4.78, 5) is 28.5. The number of unbranched alkanes of at least 4 members (excludes halogenated alkanes) is 1. The predicted molar refractivity (Wildman–Crippen MR) is 137 cm³/mol. The van der Waals surface area contributed by atoms with E-state index >= 15 is 0 Å². The minimum absolute atomic E-state index is 0.0283. The molecule has 0 N–H and O–H groups in total. The molecule has 2 heterocycles. The number of esters is 1. The highest BCUT2D eigenvalue weighted by atomic mass is 28.4. The van der Waals surface area contributed by atoms with E-state index in [1.807, 2.05) is 26.8 Å². The van der Waals surface area contributed by atoms with Crippen LogP contribution in [0.5, 0.6) is 0 Å². The monoisotopic (exact) mass is 511 g/mol. The number of amides is 1. The van der Waals surface area contributed by atoms with Crippen molar-refractivity contribution in [3.05, 3.63) is 23.2 Å². The molecule has 0 aromatic carbocycles. The van der Waals surface area contributed by atoms with Crippen LogP contribution >= 0.6 is 0 Å². The quantitative estimate of drug-likeness (QED) is 0.217. The number of fused-ring (bicyclic) bond motifs is 2. The number of rotatable bonds is 9. The minimum Gasteiger partial charge on any atom is -0.546 e. The third kappa shape index (κ3) is 6.05. The molecule has 200 valence electrons. The van der Waals surface area contributed by atoms with Crippen molar-refractivity contribution >= 4 is 20.4 Å². The van der Waals surface area contributed by atoms with Crippen LogP contribution in [0, 0.1) is 0 Å². The summed E-state index contributed by atoms with van der Waals surface area (Å²) in [7, 11) is 0.584. The van der Waals surface area contributed by atoms with Gasteiger partial charge in [0.2, 0.25) is 8.32 Å². The second-order valence-electron chi connectivity index (χ2n) is 11.9. The number of carbonyl (C=O) groups excluding carboxylic acids is 2. The average Bonchev–Trinajstić information content (AvgIpc) is 2.95. The van der Waals surface area contributed by atoms with E-state index in [4.69, 9.17) is 23.4 Å². The van der Waals surface area contributed by atoms with E-state index in [0.29, 0.717) is 29.9 Å². The van der Waals surface area contributed by atoms with Gasteiger partial charge in [-0.15, -0.1) is 0 Å². The van der Waals surface area contributed by atoms with E-state index in [9.17, 15) is 9.59 Å². The molecule has 0 spiro atoms. The van der Waals surface area contributed by atoms with Crippen LogP contribution in [-0.4, -0.2) is 63.5 Å². The van der Waals surface area contributed by atoms with E-state index in [2.05, 4.69) is 40.8 Å². The van der Waals surface area contributed by atoms with E-state index in [1.165, 1.54) is 7.11 Å². The maximum absolute atomic E-state index is 13.6. The normalized spacial score (nSPS) is 22.7. The van der Waals surface area contributed by atoms with Gasteiger partial charge < -0.3 is 23.4 Å². The van der Waals surface area contributed by atoms with Gasteiger partial charge in [-0.3, -0.25) is 4.90 Å². The van der Waals surface area contributed by atoms with Crippen molar-refractivity contribution in [2.24, 2.45) is 0 Å². The molecule has 0 saturated carbocycles. The van der Waals surface area contributed by atoms with Crippen molar-refractivity contribution in [2.75, 3.05) is 21.0 Å². The van der Waals surface area contributed by atoms with Crippen LogP contribution in [0.3, 0.4) is 0 Å². The summed E-state index contributed by atoms with van der Waals surface area (Å²) in [5, 5.41) is -0.0814. The van der Waals surface area contributed by atoms with Crippen LogP contribution in [0.4, 0.5) is 4.79 Å². The summed E-state index contributed by atoms with van der Waals surface area (Å²) >= 11 is 0. The maximum atomic E-state index is 13.6. The van der Waals surface area contributed by atoms with Gasteiger partial charge in [0.15, 0.2) is 6.79 Å². The third-order valence-corrected chi connectivity index (χ3v) is 11.4. The zero-order chi connectivity index (χ0) is 26.8. The lowest BCUT2D eigenvalue weighted by atomic mass is 9.83. The Labute approximate surface area is 212 Å². The molecule has 2 unspecified atom stereocenters. The SMILES string of the molecule is CCCCC12CC(O[Si](C)(C)C(C)(C)C)=C(C(=O)OC)C(C=C1OCOC)N2C(=O)OC(C)(C)C. The molecule has 0 aliphatic carbocycles. The Balaban J connectivity index is 2.74. The maximum Gasteiger partial charge on any atom is 0.411 e. The van der Waals surface area contributed by atoms with Crippen LogP contribution in [-0.2, 0) is 28.2 Å². The van der Waals surface area contributed by atoms with Crippen LogP contribution in [0.2, 0.25) is 18.1 Å². The fraction of sp³-hybridized carbons (Fsp3) is 0.769. The number of ether oxygens (including phenoxy) is 4. The summed E-state index contributed by atoms with van der Waals surface area (Å²) in [6, 6.07) is -0.727. The fourth-order valence-electron chi connectivity index (χ4n) is 4.27. The summed E-state index contributed by atoms with van der Waals surface area (Å²) in [6.45, 7) is 18.4. The number of carbonyl (C=O) groups is 2. The van der Waals surface area contributed by atoms with E-state index < -0.39 is 37.6 Å². The first kappa shape index (κ1) is 29.2. The second kappa shape index (κ2) is 10.5. The van der Waals surface area contributed by atoms with Crippen molar-refractivity contribution in [1.82, 2.24) is 4.90 Å². The lowest BCUT2D eigenvalue weighted by molar-refractivity contribution is -0.137. The summed E-state index contributed by atoms with van der Waals surface area (Å²) in [5.41, 5.74) is -1.23. The van der Waals surface area contributed by atoms with Crippen molar-refractivity contribution in [2.45, 2.75) is 109 Å². The molecule has 2 rings (SSSR count). The second-order valence-corrected chi connectivity index (χ2v) is 16.6. The van der Waals surface area contributed by atoms with Gasteiger partial charge in [-0.2, -0.15) is 0 Å². The number of hydrogen-bond acceptors (Lipinski definition) is 7. The topological polar surface area (TPSA) is 83.5 Å². The van der Waals surface area contributed by atoms with Gasteiger partial charge in [0, 0.05) is 13.5 Å². The van der Waals surface area contributed by atoms with Gasteiger partial charge in [-0.05, 0) is 51.4 Å². The van der Waals surface area contributed by atoms with Gasteiger partial charge in [0.05, 0.1) is 24.5 Å². The molecule has 0 aromatic rings. The molecular formula is C26H45NO7Si. The molecule has 0 fully saturated rings. The van der Waals surface area contributed by atoms with Crippen LogP contribution in [0.25, 0.3) is 0 Å². The Morgan fingerprint density at radius 3 is 2.26 bits per heavy atom. The Morgan fingerprint density at radius 1 is 1.14 bits per heavy atom. The zero-order valence-electron chi connectivity index (χ0n) is 23.5. The van der Waals surface area contributed by atoms with Crippen LogP contribution in [0.15, 0.2) is 23.2 Å². The highest BCUT2D eigenvalue weighted by molar-refractivity contribution is 6.74. The lowest BCUT2D eigenvalue weighted by Crippen LogP contribution is -2.59. The molecule has 35 heavy (non-hydrogen) atoms. The highest BCUT2D eigenvalue weighted by Gasteiger charge is 2.60. The summed E-state index contributed by atoms with van der Waals surface area (Å²) in [6.07, 6.45) is 4.03. The van der Waals surface area contributed by atoms with E-state index in [-0.39, 0.29) is 11.8 Å². The van der Waals surface area contributed by atoms with E-state index in [0.717, 1.165) is 12.8 Å². The number of nitrogens with zero attached hydrogens (tertiary/aromatic N) is 1. The van der Waals surface area contributed by atoms with Crippen LogP contribution < -0.4 is 0 Å². The lowest BCUT2D eigenvalue weighted by Gasteiger charge is -2.48. The third-order valence-electron chi connectivity index (χ3n) is 7.01. The van der Waals surface area contributed by atoms with Crippen molar-refractivity contribution in [3.63, 3.8) is 0 Å². The van der Waals surface area contributed by atoms with Gasteiger partial charge in [-0.1, -0.05) is 40.5 Å². The first-order valence-corrected chi connectivity index (χ1v) is 15.3. The Morgan fingerprint density at radius 2 is 1.77 bits per heavy atom. The van der Waals surface area contributed by atoms with Crippen molar-refractivity contribution in [3.8, 4) is 0 Å². The van der Waals surface area contributed by atoms with Gasteiger partial charge in [0.1, 0.15) is 16.9 Å². The predicted octanol–water partition coefficient (Wildman–Crippen LogP) is 5.89. The fourth-order valence-corrected chi connectivity index (χ4v) is 5.38. The molecule has 0 radical (unpaired) electrons. The molecule has 2 bridgehead atoms. The number of methoxy groups -OCH3 is 2. The molecule has 2 aliphatic rings. The Hall–Kier alpha value is -2.00. The smallest absolute Gasteiger partial charge is 0.411 e. The molecule has 2 atom stereocenters. The zero-order valence-corrected chi connectivity index (χ0v) is 24.5. The Kier molecular flexibility index (Phi) is 8.81. The molecule has 1 amide bonds. The minimum atomic E-state index is -2.31. The van der Waals surface area contributed by atoms with Gasteiger partial charge >= 0.3 is 12.1 Å². The first-order valence-electron chi connectivity index (χ1n) is 12.4. The molecular weight excluding hydrogens is 466 g/mol. The molecule has 0 saturated heterocycles. The molecule has 8 nitrogen and oxygen atoms in total. The number of hydrogen-bond donors (Lipinski definition) is 0. The first-order chi connectivity index (χ1) is 16.0. The van der Waals surface area contributed by atoms with E-state index in [1.54, 1.807) is 12.0 Å². The van der Waals surface area contributed by atoms with Crippen molar-refractivity contribution < 1.29 is 33.0 Å². The molecule has 2 aliphatic heterocycles.